The van der Waals surface area contributed by atoms with Crippen molar-refractivity contribution in [1.82, 2.24) is 10.6 Å². The van der Waals surface area contributed by atoms with Gasteiger partial charge in [0.05, 0.1) is 12.6 Å². The first-order valence-corrected chi connectivity index (χ1v) is 5.78. The molecule has 1 aromatic carbocycles. The van der Waals surface area contributed by atoms with Crippen LogP contribution in [0.3, 0.4) is 0 Å². The number of ether oxygens (including phenoxy) is 1. The van der Waals surface area contributed by atoms with E-state index in [9.17, 15) is 4.79 Å². The second kappa shape index (κ2) is 7.81. The van der Waals surface area contributed by atoms with Gasteiger partial charge >= 0.3 is 0 Å². The summed E-state index contributed by atoms with van der Waals surface area (Å²) in [7, 11) is 1.61. The van der Waals surface area contributed by atoms with Crippen LogP contribution in [0.25, 0.3) is 0 Å². The fourth-order valence-corrected chi connectivity index (χ4v) is 1.39. The van der Waals surface area contributed by atoms with Crippen molar-refractivity contribution in [2.75, 3.05) is 20.3 Å². The average Bonchev–Trinajstić information content (AvgIpc) is 2.37. The molecule has 0 radical (unpaired) electrons. The van der Waals surface area contributed by atoms with Gasteiger partial charge in [-0.3, -0.25) is 4.79 Å². The first-order chi connectivity index (χ1) is 8.24. The zero-order valence-electron chi connectivity index (χ0n) is 10.4. The summed E-state index contributed by atoms with van der Waals surface area (Å²) < 4.78 is 4.87. The van der Waals surface area contributed by atoms with Gasteiger partial charge in [-0.1, -0.05) is 30.3 Å². The third-order valence-corrected chi connectivity index (χ3v) is 2.45. The van der Waals surface area contributed by atoms with E-state index in [1.165, 1.54) is 5.56 Å². The van der Waals surface area contributed by atoms with Crippen molar-refractivity contribution < 1.29 is 9.53 Å². The van der Waals surface area contributed by atoms with E-state index < -0.39 is 0 Å². The van der Waals surface area contributed by atoms with Crippen LogP contribution in [0.2, 0.25) is 0 Å². The second-order valence-electron chi connectivity index (χ2n) is 3.87. The highest BCUT2D eigenvalue weighted by atomic mass is 16.5. The molecular formula is C13H20N2O2. The van der Waals surface area contributed by atoms with Gasteiger partial charge in [0.15, 0.2) is 0 Å². The van der Waals surface area contributed by atoms with Crippen LogP contribution >= 0.6 is 0 Å². The molecule has 1 aromatic rings. The largest absolute Gasteiger partial charge is 0.383 e. The van der Waals surface area contributed by atoms with E-state index in [0.29, 0.717) is 19.7 Å². The predicted molar refractivity (Wildman–Crippen MR) is 67.6 cm³/mol. The maximum absolute atomic E-state index is 11.6. The van der Waals surface area contributed by atoms with Gasteiger partial charge in [-0.15, -0.1) is 0 Å². The number of carbonyl (C=O) groups is 1. The summed E-state index contributed by atoms with van der Waals surface area (Å²) in [5.41, 5.74) is 1.17. The van der Waals surface area contributed by atoms with Gasteiger partial charge in [0, 0.05) is 20.2 Å². The fraction of sp³-hybridized carbons (Fsp3) is 0.462. The van der Waals surface area contributed by atoms with Gasteiger partial charge in [0.2, 0.25) is 5.91 Å². The predicted octanol–water partition coefficient (Wildman–Crippen LogP) is 0.927. The molecule has 0 fully saturated rings. The third-order valence-electron chi connectivity index (χ3n) is 2.45. The summed E-state index contributed by atoms with van der Waals surface area (Å²) in [6.45, 7) is 3.63. The molecule has 0 aliphatic heterocycles. The smallest absolute Gasteiger partial charge is 0.236 e. The number of benzene rings is 1. The Bertz CT molecular complexity index is 327. The highest BCUT2D eigenvalue weighted by Crippen LogP contribution is 1.98. The summed E-state index contributed by atoms with van der Waals surface area (Å²) in [6.07, 6.45) is 0. The van der Waals surface area contributed by atoms with Crippen LogP contribution in [0.5, 0.6) is 0 Å². The number of rotatable bonds is 7. The lowest BCUT2D eigenvalue weighted by molar-refractivity contribution is -0.122. The minimum atomic E-state index is -0.202. The second-order valence-corrected chi connectivity index (χ2v) is 3.87. The lowest BCUT2D eigenvalue weighted by atomic mass is 10.2. The van der Waals surface area contributed by atoms with E-state index in [0.717, 1.165) is 0 Å². The molecule has 0 aromatic heterocycles. The van der Waals surface area contributed by atoms with Crippen molar-refractivity contribution in [2.24, 2.45) is 0 Å². The van der Waals surface area contributed by atoms with E-state index in [1.54, 1.807) is 7.11 Å². The minimum Gasteiger partial charge on any atom is -0.383 e. The quantitative estimate of drug-likeness (QED) is 0.692. The summed E-state index contributed by atoms with van der Waals surface area (Å²) in [5, 5.41) is 5.97. The lowest BCUT2D eigenvalue weighted by Crippen LogP contribution is -2.42. The molecule has 0 aliphatic carbocycles. The Morgan fingerprint density at radius 3 is 2.71 bits per heavy atom. The van der Waals surface area contributed by atoms with E-state index >= 15 is 0 Å². The highest BCUT2D eigenvalue weighted by Gasteiger charge is 2.10. The lowest BCUT2D eigenvalue weighted by Gasteiger charge is -2.13. The standard InChI is InChI=1S/C13H20N2O2/c1-11(13(16)14-8-9-17-2)15-10-12-6-4-3-5-7-12/h3-7,11,15H,8-10H2,1-2H3,(H,14,16). The molecule has 1 unspecified atom stereocenters. The number of nitrogens with one attached hydrogen (secondary N) is 2. The molecule has 2 N–H and O–H groups in total. The van der Waals surface area contributed by atoms with Gasteiger partial charge in [-0.05, 0) is 12.5 Å². The van der Waals surface area contributed by atoms with Crippen LogP contribution < -0.4 is 10.6 Å². The Labute approximate surface area is 102 Å². The number of hydrogen-bond donors (Lipinski definition) is 2. The molecule has 0 heterocycles. The minimum absolute atomic E-state index is 0.00187. The number of hydrogen-bond acceptors (Lipinski definition) is 3. The molecule has 0 bridgehead atoms. The molecule has 0 spiro atoms. The molecule has 1 atom stereocenters. The Morgan fingerprint density at radius 1 is 1.35 bits per heavy atom. The molecule has 0 saturated carbocycles. The van der Waals surface area contributed by atoms with Gasteiger partial charge in [0.25, 0.3) is 0 Å². The maximum Gasteiger partial charge on any atom is 0.236 e. The van der Waals surface area contributed by atoms with Crippen molar-refractivity contribution in [3.05, 3.63) is 35.9 Å². The first-order valence-electron chi connectivity index (χ1n) is 5.78. The topological polar surface area (TPSA) is 50.4 Å². The van der Waals surface area contributed by atoms with Gasteiger partial charge in [-0.2, -0.15) is 0 Å². The van der Waals surface area contributed by atoms with E-state index in [1.807, 2.05) is 37.3 Å². The molecule has 0 saturated heterocycles. The average molecular weight is 236 g/mol. The summed E-state index contributed by atoms with van der Waals surface area (Å²) >= 11 is 0. The number of methoxy groups -OCH3 is 1. The van der Waals surface area contributed by atoms with Crippen LogP contribution in [-0.2, 0) is 16.1 Å². The van der Waals surface area contributed by atoms with E-state index in [2.05, 4.69) is 10.6 Å². The van der Waals surface area contributed by atoms with Crippen molar-refractivity contribution in [3.8, 4) is 0 Å². The number of carbonyl (C=O) groups excluding carboxylic acids is 1. The summed E-state index contributed by atoms with van der Waals surface area (Å²) in [4.78, 5) is 11.6. The monoisotopic (exact) mass is 236 g/mol. The Hall–Kier alpha value is -1.39. The van der Waals surface area contributed by atoms with Crippen molar-refractivity contribution in [2.45, 2.75) is 19.5 Å². The van der Waals surface area contributed by atoms with Crippen molar-refractivity contribution in [3.63, 3.8) is 0 Å². The molecule has 94 valence electrons. The Kier molecular flexibility index (Phi) is 6.29. The molecular weight excluding hydrogens is 216 g/mol. The number of amides is 1. The van der Waals surface area contributed by atoms with Crippen LogP contribution in [-0.4, -0.2) is 32.2 Å². The molecule has 4 heteroatoms. The van der Waals surface area contributed by atoms with E-state index in [4.69, 9.17) is 4.74 Å². The van der Waals surface area contributed by atoms with Crippen LogP contribution in [0.15, 0.2) is 30.3 Å². The maximum atomic E-state index is 11.6. The zero-order chi connectivity index (χ0) is 12.5. The zero-order valence-corrected chi connectivity index (χ0v) is 10.4. The molecule has 4 nitrogen and oxygen atoms in total. The van der Waals surface area contributed by atoms with Crippen LogP contribution in [0.1, 0.15) is 12.5 Å². The normalized spacial score (nSPS) is 12.1. The molecule has 1 rings (SSSR count). The molecule has 0 aliphatic rings. The highest BCUT2D eigenvalue weighted by molar-refractivity contribution is 5.81. The first kappa shape index (κ1) is 13.7. The Balaban J connectivity index is 2.24. The molecule has 1 amide bonds. The SMILES string of the molecule is COCCNC(=O)C(C)NCc1ccccc1. The van der Waals surface area contributed by atoms with Gasteiger partial charge in [-0.25, -0.2) is 0 Å². The van der Waals surface area contributed by atoms with E-state index in [-0.39, 0.29) is 11.9 Å². The third kappa shape index (κ3) is 5.47. The van der Waals surface area contributed by atoms with Gasteiger partial charge < -0.3 is 15.4 Å². The van der Waals surface area contributed by atoms with Crippen molar-refractivity contribution >= 4 is 5.91 Å². The van der Waals surface area contributed by atoms with Crippen LogP contribution in [0.4, 0.5) is 0 Å². The Morgan fingerprint density at radius 2 is 2.06 bits per heavy atom. The summed E-state index contributed by atoms with van der Waals surface area (Å²) in [6, 6.07) is 9.81. The van der Waals surface area contributed by atoms with Crippen LogP contribution in [0, 0.1) is 0 Å². The fourth-order valence-electron chi connectivity index (χ4n) is 1.39. The summed E-state index contributed by atoms with van der Waals surface area (Å²) in [5.74, 6) is -0.00187. The molecule has 17 heavy (non-hydrogen) atoms. The van der Waals surface area contributed by atoms with Gasteiger partial charge in [0.1, 0.15) is 0 Å². The van der Waals surface area contributed by atoms with Crippen molar-refractivity contribution in [1.29, 1.82) is 0 Å².